The van der Waals surface area contributed by atoms with Crippen LogP contribution in [0.15, 0.2) is 71.3 Å². The molecule has 4 rings (SSSR count). The average Bonchev–Trinajstić information content (AvgIpc) is 3.46. The number of aryl methyl sites for hydroxylation is 2. The van der Waals surface area contributed by atoms with E-state index in [1.54, 1.807) is 11.8 Å². The van der Waals surface area contributed by atoms with Gasteiger partial charge in [0, 0.05) is 30.4 Å². The Labute approximate surface area is 188 Å². The van der Waals surface area contributed by atoms with Crippen LogP contribution >= 0.6 is 0 Å². The molecule has 2 aromatic carbocycles. The van der Waals surface area contributed by atoms with Crippen molar-refractivity contribution in [1.29, 1.82) is 0 Å². The molecule has 0 fully saturated rings. The van der Waals surface area contributed by atoms with Gasteiger partial charge in [-0.3, -0.25) is 9.89 Å². The third-order valence-electron chi connectivity index (χ3n) is 5.61. The van der Waals surface area contributed by atoms with E-state index in [0.717, 1.165) is 48.2 Å². The van der Waals surface area contributed by atoms with Crippen molar-refractivity contribution in [2.24, 2.45) is 0 Å². The van der Waals surface area contributed by atoms with Crippen molar-refractivity contribution >= 4 is 5.91 Å². The first-order valence-electron chi connectivity index (χ1n) is 11.0. The van der Waals surface area contributed by atoms with E-state index >= 15 is 0 Å². The molecular weight excluding hydrogens is 400 g/mol. The molecule has 0 radical (unpaired) electrons. The molecule has 0 atom stereocenters. The van der Waals surface area contributed by atoms with E-state index in [9.17, 15) is 4.79 Å². The molecule has 0 spiro atoms. The third kappa shape index (κ3) is 4.97. The largest absolute Gasteiger partial charge is 0.360 e. The van der Waals surface area contributed by atoms with E-state index in [1.807, 2.05) is 55.6 Å². The second-order valence-electron chi connectivity index (χ2n) is 8.01. The van der Waals surface area contributed by atoms with Crippen molar-refractivity contribution < 1.29 is 9.32 Å². The predicted molar refractivity (Wildman–Crippen MR) is 125 cm³/mol. The minimum absolute atomic E-state index is 0.0522. The van der Waals surface area contributed by atoms with Gasteiger partial charge in [0.15, 0.2) is 0 Å². The van der Waals surface area contributed by atoms with Crippen LogP contribution in [0.5, 0.6) is 0 Å². The van der Waals surface area contributed by atoms with Gasteiger partial charge in [-0.25, -0.2) is 0 Å². The number of nitrogens with one attached hydrogen (secondary N) is 1. The standard InChI is InChI=1S/C26H28N4O2/c1-19-24(25(29-32-19)21-14-8-4-9-15-21)26(31)30(2)17-11-5-10-16-22-18-23(28-27-22)20-12-6-3-7-13-20/h3-4,6-9,12-15,18H,5,10-11,16-17H2,1-2H3,(H,27,28). The van der Waals surface area contributed by atoms with E-state index in [1.165, 1.54) is 0 Å². The number of benzene rings is 2. The second-order valence-corrected chi connectivity index (χ2v) is 8.01. The molecule has 4 aromatic rings. The van der Waals surface area contributed by atoms with Crippen molar-refractivity contribution in [1.82, 2.24) is 20.3 Å². The lowest BCUT2D eigenvalue weighted by molar-refractivity contribution is 0.0791. The van der Waals surface area contributed by atoms with E-state index in [0.29, 0.717) is 23.6 Å². The summed E-state index contributed by atoms with van der Waals surface area (Å²) in [7, 11) is 1.84. The van der Waals surface area contributed by atoms with Crippen molar-refractivity contribution in [3.05, 3.63) is 83.7 Å². The Bertz CT molecular complexity index is 1150. The summed E-state index contributed by atoms with van der Waals surface area (Å²) < 4.78 is 5.34. The fourth-order valence-electron chi connectivity index (χ4n) is 3.80. The molecule has 1 N–H and O–H groups in total. The summed E-state index contributed by atoms with van der Waals surface area (Å²) in [5.41, 5.74) is 5.27. The Balaban J connectivity index is 1.26. The van der Waals surface area contributed by atoms with Crippen LogP contribution in [0.2, 0.25) is 0 Å². The Morgan fingerprint density at radius 2 is 1.66 bits per heavy atom. The SMILES string of the molecule is Cc1onc(-c2ccccc2)c1C(=O)N(C)CCCCCc1cc(-c2ccccc2)n[nH]1. The zero-order valence-electron chi connectivity index (χ0n) is 18.5. The highest BCUT2D eigenvalue weighted by molar-refractivity contribution is 6.00. The highest BCUT2D eigenvalue weighted by Gasteiger charge is 2.24. The molecule has 32 heavy (non-hydrogen) atoms. The van der Waals surface area contributed by atoms with Crippen molar-refractivity contribution in [2.45, 2.75) is 32.6 Å². The Kier molecular flexibility index (Phi) is 6.80. The van der Waals surface area contributed by atoms with Gasteiger partial charge in [-0.15, -0.1) is 0 Å². The van der Waals surface area contributed by atoms with Gasteiger partial charge in [0.2, 0.25) is 0 Å². The van der Waals surface area contributed by atoms with E-state index < -0.39 is 0 Å². The van der Waals surface area contributed by atoms with Crippen LogP contribution in [-0.2, 0) is 6.42 Å². The molecule has 0 aliphatic heterocycles. The van der Waals surface area contributed by atoms with Crippen LogP contribution in [0.3, 0.4) is 0 Å². The summed E-state index contributed by atoms with van der Waals surface area (Å²) in [4.78, 5) is 14.8. The fourth-order valence-corrected chi connectivity index (χ4v) is 3.80. The first-order valence-corrected chi connectivity index (χ1v) is 11.0. The van der Waals surface area contributed by atoms with E-state index in [2.05, 4.69) is 33.6 Å². The quantitative estimate of drug-likeness (QED) is 0.356. The maximum atomic E-state index is 13.1. The molecule has 0 bridgehead atoms. The lowest BCUT2D eigenvalue weighted by Crippen LogP contribution is -2.28. The summed E-state index contributed by atoms with van der Waals surface area (Å²) in [6.07, 6.45) is 3.96. The van der Waals surface area contributed by atoms with Gasteiger partial charge in [0.1, 0.15) is 17.0 Å². The van der Waals surface area contributed by atoms with Gasteiger partial charge in [0.05, 0.1) is 5.69 Å². The number of carbonyl (C=O) groups excluding carboxylic acids is 1. The van der Waals surface area contributed by atoms with Gasteiger partial charge >= 0.3 is 0 Å². The van der Waals surface area contributed by atoms with Gasteiger partial charge in [-0.1, -0.05) is 72.2 Å². The number of nitrogens with zero attached hydrogens (tertiary/aromatic N) is 3. The van der Waals surface area contributed by atoms with Crippen LogP contribution in [0, 0.1) is 6.92 Å². The summed E-state index contributed by atoms with van der Waals surface area (Å²) >= 11 is 0. The highest BCUT2D eigenvalue weighted by atomic mass is 16.5. The Morgan fingerprint density at radius 3 is 2.38 bits per heavy atom. The summed E-state index contributed by atoms with van der Waals surface area (Å²) in [6, 6.07) is 22.0. The normalized spacial score (nSPS) is 10.9. The molecule has 0 saturated carbocycles. The summed E-state index contributed by atoms with van der Waals surface area (Å²) in [5, 5.41) is 11.7. The average molecular weight is 429 g/mol. The first kappa shape index (κ1) is 21.6. The fraction of sp³-hybridized carbons (Fsp3) is 0.269. The summed E-state index contributed by atoms with van der Waals surface area (Å²) in [5.74, 6) is 0.498. The number of aromatic nitrogens is 3. The Morgan fingerprint density at radius 1 is 0.969 bits per heavy atom. The van der Waals surface area contributed by atoms with E-state index in [-0.39, 0.29) is 5.91 Å². The van der Waals surface area contributed by atoms with Crippen molar-refractivity contribution in [2.75, 3.05) is 13.6 Å². The molecule has 6 heteroatoms. The molecule has 0 saturated heterocycles. The topological polar surface area (TPSA) is 75.0 Å². The van der Waals surface area contributed by atoms with Gasteiger partial charge in [0.25, 0.3) is 5.91 Å². The van der Waals surface area contributed by atoms with Crippen molar-refractivity contribution in [3.8, 4) is 22.5 Å². The molecule has 2 aromatic heterocycles. The zero-order valence-corrected chi connectivity index (χ0v) is 18.5. The summed E-state index contributed by atoms with van der Waals surface area (Å²) in [6.45, 7) is 2.48. The number of H-pyrrole nitrogens is 1. The number of unbranched alkanes of at least 4 members (excludes halogenated alkanes) is 2. The molecule has 2 heterocycles. The lowest BCUT2D eigenvalue weighted by atomic mass is 10.1. The highest BCUT2D eigenvalue weighted by Crippen LogP contribution is 2.26. The molecular formula is C26H28N4O2. The molecule has 0 unspecified atom stereocenters. The van der Waals surface area contributed by atoms with Gasteiger partial charge < -0.3 is 9.42 Å². The van der Waals surface area contributed by atoms with Gasteiger partial charge in [-0.2, -0.15) is 5.10 Å². The number of rotatable bonds is 9. The number of amides is 1. The molecule has 0 aliphatic rings. The van der Waals surface area contributed by atoms with Crippen LogP contribution < -0.4 is 0 Å². The number of aromatic amines is 1. The zero-order chi connectivity index (χ0) is 22.3. The minimum Gasteiger partial charge on any atom is -0.360 e. The van der Waals surface area contributed by atoms with Gasteiger partial charge in [-0.05, 0) is 32.3 Å². The predicted octanol–water partition coefficient (Wildman–Crippen LogP) is 5.53. The first-order chi connectivity index (χ1) is 15.6. The van der Waals surface area contributed by atoms with Crippen molar-refractivity contribution in [3.63, 3.8) is 0 Å². The number of hydrogen-bond donors (Lipinski definition) is 1. The monoisotopic (exact) mass is 428 g/mol. The minimum atomic E-state index is -0.0522. The molecule has 1 amide bonds. The van der Waals surface area contributed by atoms with E-state index in [4.69, 9.17) is 4.52 Å². The molecule has 6 nitrogen and oxygen atoms in total. The second kappa shape index (κ2) is 10.1. The van der Waals surface area contributed by atoms with Crippen LogP contribution in [0.25, 0.3) is 22.5 Å². The van der Waals surface area contributed by atoms with Crippen LogP contribution in [-0.4, -0.2) is 39.8 Å². The maximum absolute atomic E-state index is 13.1. The number of hydrogen-bond acceptors (Lipinski definition) is 4. The molecule has 164 valence electrons. The Hall–Kier alpha value is -3.67. The van der Waals surface area contributed by atoms with Crippen LogP contribution in [0.4, 0.5) is 0 Å². The lowest BCUT2D eigenvalue weighted by Gasteiger charge is -2.17. The maximum Gasteiger partial charge on any atom is 0.259 e. The smallest absolute Gasteiger partial charge is 0.259 e. The molecule has 0 aliphatic carbocycles. The third-order valence-corrected chi connectivity index (χ3v) is 5.61. The van der Waals surface area contributed by atoms with Crippen LogP contribution in [0.1, 0.15) is 41.1 Å². The number of carbonyl (C=O) groups is 1.